The highest BCUT2D eigenvalue weighted by molar-refractivity contribution is 6.14. The molecule has 3 aromatic rings. The maximum Gasteiger partial charge on any atom is 0.338 e. The van der Waals surface area contributed by atoms with E-state index in [1.165, 1.54) is 13.8 Å². The first-order chi connectivity index (χ1) is 13.4. The summed E-state index contributed by atoms with van der Waals surface area (Å²) in [5.41, 5.74) is 1.43. The van der Waals surface area contributed by atoms with E-state index in [1.807, 2.05) is 0 Å². The fourth-order valence-corrected chi connectivity index (χ4v) is 3.06. The average Bonchev–Trinajstić information content (AvgIpc) is 2.68. The number of aromatic carboxylic acids is 1. The maximum absolute atomic E-state index is 12.6. The average molecular weight is 374 g/mol. The minimum Gasteiger partial charge on any atom is -0.478 e. The standard InChI is InChI=1S/C22H18N2O4/c1-13-17(22(27)28)19(15-9-5-3-6-10-15)18(14(2)25)20(23-13)24-21(26)16-11-7-4-8-12-16/h3-12H,1-2H3,(H,27,28)(H,23,24,26). The van der Waals surface area contributed by atoms with Crippen LogP contribution in [0.25, 0.3) is 11.1 Å². The number of Topliss-reactive ketones (excluding diaryl/α,β-unsaturated/α-hetero) is 1. The molecule has 0 fully saturated rings. The van der Waals surface area contributed by atoms with Gasteiger partial charge in [-0.3, -0.25) is 9.59 Å². The van der Waals surface area contributed by atoms with Crippen molar-refractivity contribution in [1.29, 1.82) is 0 Å². The number of aromatic nitrogens is 1. The molecule has 0 radical (unpaired) electrons. The van der Waals surface area contributed by atoms with E-state index in [2.05, 4.69) is 10.3 Å². The van der Waals surface area contributed by atoms with Crippen LogP contribution < -0.4 is 5.32 Å². The number of carboxylic acids is 1. The van der Waals surface area contributed by atoms with Crippen LogP contribution in [-0.2, 0) is 0 Å². The molecule has 0 bridgehead atoms. The van der Waals surface area contributed by atoms with Gasteiger partial charge in [0.15, 0.2) is 5.78 Å². The van der Waals surface area contributed by atoms with Crippen molar-refractivity contribution in [3.8, 4) is 11.1 Å². The normalized spacial score (nSPS) is 10.4. The molecule has 28 heavy (non-hydrogen) atoms. The first-order valence-corrected chi connectivity index (χ1v) is 8.60. The molecule has 0 aliphatic rings. The third-order valence-corrected chi connectivity index (χ3v) is 4.27. The van der Waals surface area contributed by atoms with Crippen LogP contribution >= 0.6 is 0 Å². The fourth-order valence-electron chi connectivity index (χ4n) is 3.06. The second-order valence-electron chi connectivity index (χ2n) is 6.22. The molecular weight excluding hydrogens is 356 g/mol. The van der Waals surface area contributed by atoms with Crippen LogP contribution in [0.15, 0.2) is 60.7 Å². The number of rotatable bonds is 5. The minimum absolute atomic E-state index is 0.0442. The largest absolute Gasteiger partial charge is 0.478 e. The molecule has 0 spiro atoms. The topological polar surface area (TPSA) is 96.4 Å². The zero-order valence-corrected chi connectivity index (χ0v) is 15.4. The van der Waals surface area contributed by atoms with Gasteiger partial charge in [-0.15, -0.1) is 0 Å². The lowest BCUT2D eigenvalue weighted by molar-refractivity contribution is 0.0696. The van der Waals surface area contributed by atoms with Gasteiger partial charge in [0.05, 0.1) is 16.8 Å². The van der Waals surface area contributed by atoms with E-state index in [9.17, 15) is 19.5 Å². The maximum atomic E-state index is 12.6. The summed E-state index contributed by atoms with van der Waals surface area (Å²) in [7, 11) is 0. The Kier molecular flexibility index (Phi) is 5.31. The lowest BCUT2D eigenvalue weighted by atomic mass is 9.92. The third-order valence-electron chi connectivity index (χ3n) is 4.27. The molecule has 0 unspecified atom stereocenters. The van der Waals surface area contributed by atoms with Crippen molar-refractivity contribution in [3.63, 3.8) is 0 Å². The van der Waals surface area contributed by atoms with Crippen LogP contribution in [0.4, 0.5) is 5.82 Å². The smallest absolute Gasteiger partial charge is 0.338 e. The number of anilines is 1. The second-order valence-corrected chi connectivity index (χ2v) is 6.22. The van der Waals surface area contributed by atoms with Gasteiger partial charge >= 0.3 is 5.97 Å². The minimum atomic E-state index is -1.19. The Hall–Kier alpha value is -3.80. The molecule has 1 amide bonds. The van der Waals surface area contributed by atoms with Gasteiger partial charge in [0, 0.05) is 11.1 Å². The quantitative estimate of drug-likeness (QED) is 0.652. The molecule has 1 heterocycles. The first kappa shape index (κ1) is 19.0. The van der Waals surface area contributed by atoms with Crippen LogP contribution in [0.1, 0.15) is 43.7 Å². The molecule has 0 atom stereocenters. The fraction of sp³-hybridized carbons (Fsp3) is 0.0909. The van der Waals surface area contributed by atoms with Gasteiger partial charge < -0.3 is 10.4 Å². The molecule has 2 N–H and O–H groups in total. The van der Waals surface area contributed by atoms with Crippen LogP contribution in [0, 0.1) is 6.92 Å². The number of hydrogen-bond donors (Lipinski definition) is 2. The lowest BCUT2D eigenvalue weighted by Gasteiger charge is -2.17. The van der Waals surface area contributed by atoms with Crippen molar-refractivity contribution in [3.05, 3.63) is 83.0 Å². The van der Waals surface area contributed by atoms with Gasteiger partial charge in [-0.2, -0.15) is 0 Å². The highest BCUT2D eigenvalue weighted by atomic mass is 16.4. The molecular formula is C22H18N2O4. The van der Waals surface area contributed by atoms with Crippen molar-refractivity contribution in [2.45, 2.75) is 13.8 Å². The van der Waals surface area contributed by atoms with Crippen molar-refractivity contribution in [1.82, 2.24) is 4.98 Å². The molecule has 0 saturated heterocycles. The van der Waals surface area contributed by atoms with Gasteiger partial charge in [0.1, 0.15) is 5.82 Å². The number of amides is 1. The highest BCUT2D eigenvalue weighted by Gasteiger charge is 2.26. The van der Waals surface area contributed by atoms with E-state index in [0.717, 1.165) is 0 Å². The third kappa shape index (κ3) is 3.66. The van der Waals surface area contributed by atoms with Crippen LogP contribution in [0.5, 0.6) is 0 Å². The molecule has 2 aromatic carbocycles. The molecule has 3 rings (SSSR count). The predicted octanol–water partition coefficient (Wildman–Crippen LogP) is 4.21. The number of aryl methyl sites for hydroxylation is 1. The SMILES string of the molecule is CC(=O)c1c(NC(=O)c2ccccc2)nc(C)c(C(=O)O)c1-c1ccccc1. The zero-order chi connectivity index (χ0) is 20.3. The first-order valence-electron chi connectivity index (χ1n) is 8.60. The monoisotopic (exact) mass is 374 g/mol. The van der Waals surface area contributed by atoms with E-state index in [-0.39, 0.29) is 28.2 Å². The van der Waals surface area contributed by atoms with Crippen LogP contribution in [0.3, 0.4) is 0 Å². The summed E-state index contributed by atoms with van der Waals surface area (Å²) in [6.07, 6.45) is 0. The molecule has 140 valence electrons. The summed E-state index contributed by atoms with van der Waals surface area (Å²) in [6.45, 7) is 2.86. The summed E-state index contributed by atoms with van der Waals surface area (Å²) in [4.78, 5) is 41.2. The number of nitrogens with zero attached hydrogens (tertiary/aromatic N) is 1. The van der Waals surface area contributed by atoms with Gasteiger partial charge in [0.2, 0.25) is 0 Å². The number of carboxylic acid groups (broad SMARTS) is 1. The number of hydrogen-bond acceptors (Lipinski definition) is 4. The molecule has 6 heteroatoms. The van der Waals surface area contributed by atoms with E-state index in [0.29, 0.717) is 11.1 Å². The Bertz CT molecular complexity index is 1060. The molecule has 0 saturated carbocycles. The summed E-state index contributed by atoms with van der Waals surface area (Å²) in [5, 5.41) is 12.4. The van der Waals surface area contributed by atoms with Gasteiger partial charge in [-0.05, 0) is 31.5 Å². The van der Waals surface area contributed by atoms with Gasteiger partial charge in [-0.25, -0.2) is 9.78 Å². The molecule has 0 aliphatic heterocycles. The summed E-state index contributed by atoms with van der Waals surface area (Å²) < 4.78 is 0. The summed E-state index contributed by atoms with van der Waals surface area (Å²) in [6, 6.07) is 17.3. The van der Waals surface area contributed by atoms with Crippen molar-refractivity contribution in [2.24, 2.45) is 0 Å². The summed E-state index contributed by atoms with van der Waals surface area (Å²) >= 11 is 0. The number of carbonyl (C=O) groups excluding carboxylic acids is 2. The number of benzene rings is 2. The lowest BCUT2D eigenvalue weighted by Crippen LogP contribution is -2.19. The molecule has 6 nitrogen and oxygen atoms in total. The van der Waals surface area contributed by atoms with Gasteiger partial charge in [0.25, 0.3) is 5.91 Å². The van der Waals surface area contributed by atoms with E-state index < -0.39 is 17.7 Å². The highest BCUT2D eigenvalue weighted by Crippen LogP contribution is 2.34. The predicted molar refractivity (Wildman–Crippen MR) is 106 cm³/mol. The van der Waals surface area contributed by atoms with Crippen molar-refractivity contribution >= 4 is 23.5 Å². The number of carbonyl (C=O) groups is 3. The number of pyridine rings is 1. The Morgan fingerprint density at radius 1 is 0.893 bits per heavy atom. The second kappa shape index (κ2) is 7.84. The Morgan fingerprint density at radius 3 is 2.00 bits per heavy atom. The van der Waals surface area contributed by atoms with Crippen LogP contribution in [0.2, 0.25) is 0 Å². The van der Waals surface area contributed by atoms with Crippen molar-refractivity contribution < 1.29 is 19.5 Å². The zero-order valence-electron chi connectivity index (χ0n) is 15.4. The summed E-state index contributed by atoms with van der Waals surface area (Å²) in [5.74, 6) is -1.97. The number of nitrogens with one attached hydrogen (secondary N) is 1. The Morgan fingerprint density at radius 2 is 1.46 bits per heavy atom. The van der Waals surface area contributed by atoms with E-state index >= 15 is 0 Å². The molecule has 1 aromatic heterocycles. The van der Waals surface area contributed by atoms with Gasteiger partial charge in [-0.1, -0.05) is 48.5 Å². The Balaban J connectivity index is 2.24. The van der Waals surface area contributed by atoms with Crippen molar-refractivity contribution in [2.75, 3.05) is 5.32 Å². The van der Waals surface area contributed by atoms with E-state index in [4.69, 9.17) is 0 Å². The Labute approximate surface area is 161 Å². The van der Waals surface area contributed by atoms with Crippen LogP contribution in [-0.4, -0.2) is 27.8 Å². The molecule has 0 aliphatic carbocycles. The van der Waals surface area contributed by atoms with E-state index in [1.54, 1.807) is 60.7 Å². The number of ketones is 1.